The molecule has 1 aromatic heterocycles. The van der Waals surface area contributed by atoms with Gasteiger partial charge in [0.15, 0.2) is 5.82 Å². The summed E-state index contributed by atoms with van der Waals surface area (Å²) < 4.78 is 18.7. The molecule has 3 aromatic rings. The van der Waals surface area contributed by atoms with Crippen LogP contribution in [0.4, 0.5) is 10.2 Å². The molecule has 1 fully saturated rings. The number of amides is 1. The number of benzene rings is 2. The molecule has 2 aromatic carbocycles. The first kappa shape index (κ1) is 20.8. The summed E-state index contributed by atoms with van der Waals surface area (Å²) in [6.45, 7) is 2.45. The summed E-state index contributed by atoms with van der Waals surface area (Å²) >= 11 is 0. The molecule has 1 saturated heterocycles. The molecule has 0 spiro atoms. The van der Waals surface area contributed by atoms with Gasteiger partial charge in [-0.15, -0.1) is 10.2 Å². The van der Waals surface area contributed by atoms with Crippen LogP contribution in [-0.2, 0) is 4.79 Å². The largest absolute Gasteiger partial charge is 0.492 e. The number of halogens is 1. The van der Waals surface area contributed by atoms with Crippen LogP contribution >= 0.6 is 0 Å². The maximum atomic E-state index is 13.1. The van der Waals surface area contributed by atoms with Crippen LogP contribution in [0.1, 0.15) is 12.8 Å². The molecule has 1 amide bonds. The Balaban J connectivity index is 1.22. The lowest BCUT2D eigenvalue weighted by molar-refractivity contribution is -0.125. The van der Waals surface area contributed by atoms with Gasteiger partial charge in [-0.2, -0.15) is 0 Å². The molecule has 0 radical (unpaired) electrons. The van der Waals surface area contributed by atoms with Crippen molar-refractivity contribution in [1.82, 2.24) is 15.5 Å². The van der Waals surface area contributed by atoms with Crippen LogP contribution in [0.3, 0.4) is 0 Å². The van der Waals surface area contributed by atoms with Gasteiger partial charge >= 0.3 is 0 Å². The van der Waals surface area contributed by atoms with Crippen molar-refractivity contribution < 1.29 is 13.9 Å². The molecule has 6 nitrogen and oxygen atoms in total. The number of nitrogens with zero attached hydrogens (tertiary/aromatic N) is 3. The Kier molecular flexibility index (Phi) is 6.72. The zero-order valence-corrected chi connectivity index (χ0v) is 17.2. The number of anilines is 1. The average Bonchev–Trinajstić information content (AvgIpc) is 2.83. The van der Waals surface area contributed by atoms with Crippen molar-refractivity contribution in [2.24, 2.45) is 5.92 Å². The summed E-state index contributed by atoms with van der Waals surface area (Å²) in [5.41, 5.74) is 1.53. The number of ether oxygens (including phenoxy) is 1. The second-order valence-corrected chi connectivity index (χ2v) is 7.50. The predicted molar refractivity (Wildman–Crippen MR) is 117 cm³/mol. The fourth-order valence-corrected chi connectivity index (χ4v) is 3.64. The summed E-state index contributed by atoms with van der Waals surface area (Å²) in [6.07, 6.45) is 1.54. The number of nitrogens with one attached hydrogen (secondary N) is 1. The van der Waals surface area contributed by atoms with E-state index in [1.807, 2.05) is 42.5 Å². The minimum atomic E-state index is -0.274. The molecule has 2 heterocycles. The summed E-state index contributed by atoms with van der Waals surface area (Å²) in [7, 11) is 0. The first-order valence-electron chi connectivity index (χ1n) is 10.5. The molecule has 160 valence electrons. The van der Waals surface area contributed by atoms with Crippen LogP contribution in [0.5, 0.6) is 5.75 Å². The Morgan fingerprint density at radius 3 is 2.42 bits per heavy atom. The minimum Gasteiger partial charge on any atom is -0.492 e. The molecule has 4 rings (SSSR count). The van der Waals surface area contributed by atoms with Crippen molar-refractivity contribution in [2.75, 3.05) is 31.1 Å². The fraction of sp³-hybridized carbons (Fsp3) is 0.292. The Morgan fingerprint density at radius 1 is 1.00 bits per heavy atom. The lowest BCUT2D eigenvalue weighted by Crippen LogP contribution is -2.41. The van der Waals surface area contributed by atoms with E-state index >= 15 is 0 Å². The third-order valence-electron chi connectivity index (χ3n) is 5.39. The first-order valence-corrected chi connectivity index (χ1v) is 10.5. The van der Waals surface area contributed by atoms with Gasteiger partial charge in [0.25, 0.3) is 0 Å². The molecule has 31 heavy (non-hydrogen) atoms. The van der Waals surface area contributed by atoms with Crippen molar-refractivity contribution in [1.29, 1.82) is 0 Å². The van der Waals surface area contributed by atoms with Crippen molar-refractivity contribution >= 4 is 11.7 Å². The van der Waals surface area contributed by atoms with E-state index in [1.54, 1.807) is 12.1 Å². The zero-order chi connectivity index (χ0) is 21.5. The first-order chi connectivity index (χ1) is 15.2. The van der Waals surface area contributed by atoms with Gasteiger partial charge in [-0.3, -0.25) is 4.79 Å². The van der Waals surface area contributed by atoms with Crippen LogP contribution in [0.25, 0.3) is 11.3 Å². The van der Waals surface area contributed by atoms with Crippen molar-refractivity contribution in [3.63, 3.8) is 0 Å². The molecule has 0 aliphatic carbocycles. The summed E-state index contributed by atoms with van der Waals surface area (Å²) in [5, 5.41) is 11.6. The van der Waals surface area contributed by atoms with Gasteiger partial charge in [0.1, 0.15) is 18.2 Å². The minimum absolute atomic E-state index is 0.000534. The molecule has 0 bridgehead atoms. The smallest absolute Gasteiger partial charge is 0.223 e. The molecule has 0 atom stereocenters. The van der Waals surface area contributed by atoms with Gasteiger partial charge < -0.3 is 15.0 Å². The van der Waals surface area contributed by atoms with Crippen LogP contribution in [0.2, 0.25) is 0 Å². The molecule has 0 unspecified atom stereocenters. The van der Waals surface area contributed by atoms with E-state index in [1.165, 1.54) is 12.1 Å². The number of carbonyl (C=O) groups excluding carboxylic acids is 1. The molecule has 0 saturated carbocycles. The Hall–Kier alpha value is -3.48. The van der Waals surface area contributed by atoms with Crippen LogP contribution in [0.15, 0.2) is 66.7 Å². The van der Waals surface area contributed by atoms with Gasteiger partial charge in [0.05, 0.1) is 12.2 Å². The van der Waals surface area contributed by atoms with E-state index in [4.69, 9.17) is 4.74 Å². The predicted octanol–water partition coefficient (Wildman–Crippen LogP) is 3.69. The second kappa shape index (κ2) is 10.0. The van der Waals surface area contributed by atoms with Gasteiger partial charge in [-0.25, -0.2) is 4.39 Å². The monoisotopic (exact) mass is 420 g/mol. The summed E-state index contributed by atoms with van der Waals surface area (Å²) in [5.74, 6) is 1.40. The van der Waals surface area contributed by atoms with Crippen LogP contribution in [-0.4, -0.2) is 42.3 Å². The number of carbonyl (C=O) groups is 1. The maximum absolute atomic E-state index is 13.1. The Morgan fingerprint density at radius 2 is 1.74 bits per heavy atom. The number of hydrogen-bond donors (Lipinski definition) is 1. The summed E-state index contributed by atoms with van der Waals surface area (Å²) in [6, 6.07) is 19.6. The van der Waals surface area contributed by atoms with Crippen molar-refractivity contribution in [3.05, 3.63) is 72.5 Å². The number of piperidine rings is 1. The third kappa shape index (κ3) is 5.57. The molecule has 1 aliphatic rings. The van der Waals surface area contributed by atoms with Crippen molar-refractivity contribution in [3.8, 4) is 17.0 Å². The van der Waals surface area contributed by atoms with E-state index in [-0.39, 0.29) is 17.6 Å². The Bertz CT molecular complexity index is 973. The lowest BCUT2D eigenvalue weighted by Gasteiger charge is -2.31. The highest BCUT2D eigenvalue weighted by Gasteiger charge is 2.25. The number of hydrogen-bond acceptors (Lipinski definition) is 5. The number of rotatable bonds is 7. The van der Waals surface area contributed by atoms with E-state index in [2.05, 4.69) is 20.4 Å². The van der Waals surface area contributed by atoms with Gasteiger partial charge in [-0.05, 0) is 61.4 Å². The highest BCUT2D eigenvalue weighted by molar-refractivity contribution is 5.79. The lowest BCUT2D eigenvalue weighted by atomic mass is 9.96. The molecule has 1 aliphatic heterocycles. The fourth-order valence-electron chi connectivity index (χ4n) is 3.64. The quantitative estimate of drug-likeness (QED) is 0.591. The topological polar surface area (TPSA) is 67.3 Å². The summed E-state index contributed by atoms with van der Waals surface area (Å²) in [4.78, 5) is 14.6. The highest BCUT2D eigenvalue weighted by Crippen LogP contribution is 2.23. The average molecular weight is 420 g/mol. The van der Waals surface area contributed by atoms with Gasteiger partial charge in [0, 0.05) is 24.6 Å². The zero-order valence-electron chi connectivity index (χ0n) is 17.2. The van der Waals surface area contributed by atoms with E-state index in [0.29, 0.717) is 18.8 Å². The standard InChI is InChI=1S/C24H25FN4O2/c25-20-8-6-18(7-9-20)22-10-11-23(28-27-22)29-15-12-19(13-16-29)24(30)26-14-17-31-21-4-2-1-3-5-21/h1-11,19H,12-17H2,(H,26,30). The van der Waals surface area contributed by atoms with E-state index in [9.17, 15) is 9.18 Å². The molecule has 1 N–H and O–H groups in total. The maximum Gasteiger partial charge on any atom is 0.223 e. The van der Waals surface area contributed by atoms with Gasteiger partial charge in [0.2, 0.25) is 5.91 Å². The third-order valence-corrected chi connectivity index (χ3v) is 5.39. The number of aromatic nitrogens is 2. The SMILES string of the molecule is O=C(NCCOc1ccccc1)C1CCN(c2ccc(-c3ccc(F)cc3)nn2)CC1. The van der Waals surface area contributed by atoms with Crippen LogP contribution < -0.4 is 15.0 Å². The second-order valence-electron chi connectivity index (χ2n) is 7.50. The number of para-hydroxylation sites is 1. The molecular formula is C24H25FN4O2. The van der Waals surface area contributed by atoms with E-state index < -0.39 is 0 Å². The Labute approximate surface area is 181 Å². The normalized spacial score (nSPS) is 14.3. The van der Waals surface area contributed by atoms with E-state index in [0.717, 1.165) is 43.1 Å². The molecule has 7 heteroatoms. The highest BCUT2D eigenvalue weighted by atomic mass is 19.1. The van der Waals surface area contributed by atoms with Crippen molar-refractivity contribution in [2.45, 2.75) is 12.8 Å². The van der Waals surface area contributed by atoms with Crippen LogP contribution in [0, 0.1) is 11.7 Å². The molecular weight excluding hydrogens is 395 g/mol. The van der Waals surface area contributed by atoms with Gasteiger partial charge in [-0.1, -0.05) is 18.2 Å².